The van der Waals surface area contributed by atoms with Crippen LogP contribution in [0.3, 0.4) is 0 Å². The standard InChI is InChI=1S/C14H10N/c1-2-7-13-10-15-14-8-4-3-6-12(14)9-11(13)5-1/h1-8,10,15H. The zero-order valence-electron chi connectivity index (χ0n) is 8.20. The molecule has 3 rings (SSSR count). The van der Waals surface area contributed by atoms with Crippen molar-refractivity contribution < 1.29 is 0 Å². The Morgan fingerprint density at radius 3 is 2.67 bits per heavy atom. The van der Waals surface area contributed by atoms with Crippen molar-refractivity contribution in [2.24, 2.45) is 0 Å². The molecule has 0 bridgehead atoms. The lowest BCUT2D eigenvalue weighted by Gasteiger charge is -2.01. The van der Waals surface area contributed by atoms with Gasteiger partial charge in [-0.3, -0.25) is 0 Å². The summed E-state index contributed by atoms with van der Waals surface area (Å²) in [6, 6.07) is 16.4. The molecule has 0 saturated heterocycles. The zero-order valence-corrected chi connectivity index (χ0v) is 8.20. The van der Waals surface area contributed by atoms with Crippen molar-refractivity contribution in [3.63, 3.8) is 0 Å². The highest BCUT2D eigenvalue weighted by molar-refractivity contribution is 5.72. The third-order valence-electron chi connectivity index (χ3n) is 2.54. The van der Waals surface area contributed by atoms with Crippen LogP contribution in [-0.4, -0.2) is 0 Å². The van der Waals surface area contributed by atoms with Crippen molar-refractivity contribution in [2.75, 3.05) is 5.32 Å². The van der Waals surface area contributed by atoms with Gasteiger partial charge >= 0.3 is 0 Å². The quantitative estimate of drug-likeness (QED) is 0.668. The maximum absolute atomic E-state index is 3.41. The molecule has 0 aliphatic carbocycles. The van der Waals surface area contributed by atoms with E-state index in [-0.39, 0.29) is 0 Å². The molecule has 1 nitrogen and oxygen atoms in total. The molecule has 0 unspecified atom stereocenters. The summed E-state index contributed by atoms with van der Waals surface area (Å²) in [5.41, 5.74) is 2.22. The molecular formula is C14H10N. The van der Waals surface area contributed by atoms with E-state index < -0.39 is 0 Å². The highest BCUT2D eigenvalue weighted by atomic mass is 14.8. The van der Waals surface area contributed by atoms with Crippen LogP contribution in [0.5, 0.6) is 0 Å². The van der Waals surface area contributed by atoms with Gasteiger partial charge in [0.1, 0.15) is 0 Å². The number of rotatable bonds is 0. The fourth-order valence-electron chi connectivity index (χ4n) is 1.76. The molecule has 1 N–H and O–H groups in total. The van der Waals surface area contributed by atoms with Gasteiger partial charge in [0.15, 0.2) is 0 Å². The fraction of sp³-hybridized carbons (Fsp3) is 0. The van der Waals surface area contributed by atoms with Gasteiger partial charge in [0.2, 0.25) is 0 Å². The van der Waals surface area contributed by atoms with Crippen molar-refractivity contribution >= 4 is 18.0 Å². The van der Waals surface area contributed by atoms with E-state index in [1.165, 1.54) is 5.22 Å². The third-order valence-corrected chi connectivity index (χ3v) is 2.54. The first-order chi connectivity index (χ1) is 7.43. The molecule has 1 heterocycles. The smallest absolute Gasteiger partial charge is 0.0460 e. The molecule has 1 aliphatic rings. The second kappa shape index (κ2) is 3.28. The fourth-order valence-corrected chi connectivity index (χ4v) is 1.76. The van der Waals surface area contributed by atoms with E-state index >= 15 is 0 Å². The lowest BCUT2D eigenvalue weighted by atomic mass is 10.1. The summed E-state index contributed by atoms with van der Waals surface area (Å²) in [6.07, 6.45) is 5.43. The van der Waals surface area contributed by atoms with Gasteiger partial charge in [0.25, 0.3) is 0 Å². The Morgan fingerprint density at radius 1 is 0.867 bits per heavy atom. The summed E-state index contributed by atoms with van der Waals surface area (Å²) < 4.78 is 0. The first-order valence-electron chi connectivity index (χ1n) is 4.98. The maximum atomic E-state index is 3.41. The molecule has 0 spiro atoms. The second-order valence-corrected chi connectivity index (χ2v) is 3.55. The van der Waals surface area contributed by atoms with Crippen LogP contribution in [0.25, 0.3) is 12.3 Å². The van der Waals surface area contributed by atoms with Gasteiger partial charge in [-0.25, -0.2) is 0 Å². The normalized spacial score (nSPS) is 12.3. The number of hydrogen-bond donors (Lipinski definition) is 1. The minimum atomic E-state index is 1.11. The van der Waals surface area contributed by atoms with E-state index in [2.05, 4.69) is 35.7 Å². The SMILES string of the molecule is [C]1=c2ccccc2=CNc2ccccc21. The van der Waals surface area contributed by atoms with E-state index in [1.54, 1.807) is 0 Å². The Hall–Kier alpha value is -2.02. The summed E-state index contributed by atoms with van der Waals surface area (Å²) in [4.78, 5) is 0. The summed E-state index contributed by atoms with van der Waals surface area (Å²) in [5.74, 6) is 0. The Kier molecular flexibility index (Phi) is 1.82. The van der Waals surface area contributed by atoms with Crippen LogP contribution in [0.1, 0.15) is 5.56 Å². The van der Waals surface area contributed by atoms with Gasteiger partial charge in [-0.1, -0.05) is 42.5 Å². The van der Waals surface area contributed by atoms with E-state index in [1.807, 2.05) is 30.5 Å². The predicted octanol–water partition coefficient (Wildman–Crippen LogP) is 1.56. The molecule has 2 aromatic rings. The molecule has 0 aromatic heterocycles. The van der Waals surface area contributed by atoms with Crippen molar-refractivity contribution in [3.8, 4) is 0 Å². The Balaban J connectivity index is 2.36. The lowest BCUT2D eigenvalue weighted by molar-refractivity contribution is 1.52. The molecule has 71 valence electrons. The summed E-state index contributed by atoms with van der Waals surface area (Å²) in [5, 5.41) is 5.60. The molecule has 0 amide bonds. The van der Waals surface area contributed by atoms with Crippen molar-refractivity contribution in [2.45, 2.75) is 0 Å². The third kappa shape index (κ3) is 1.42. The monoisotopic (exact) mass is 192 g/mol. The molecule has 2 aromatic carbocycles. The molecule has 1 aliphatic heterocycles. The summed E-state index contributed by atoms with van der Waals surface area (Å²) >= 11 is 0. The molecule has 1 radical (unpaired) electrons. The first-order valence-corrected chi connectivity index (χ1v) is 4.98. The maximum Gasteiger partial charge on any atom is 0.0460 e. The van der Waals surface area contributed by atoms with Crippen LogP contribution >= 0.6 is 0 Å². The average molecular weight is 192 g/mol. The van der Waals surface area contributed by atoms with Crippen LogP contribution in [0.2, 0.25) is 0 Å². The number of hydrogen-bond acceptors (Lipinski definition) is 1. The van der Waals surface area contributed by atoms with E-state index in [0.717, 1.165) is 16.5 Å². The molecule has 0 atom stereocenters. The minimum absolute atomic E-state index is 1.11. The van der Waals surface area contributed by atoms with Crippen LogP contribution in [0.15, 0.2) is 48.5 Å². The van der Waals surface area contributed by atoms with Crippen LogP contribution in [0.4, 0.5) is 5.69 Å². The highest BCUT2D eigenvalue weighted by Gasteiger charge is 2.00. The minimum Gasteiger partial charge on any atom is -0.361 e. The predicted molar refractivity (Wildman–Crippen MR) is 62.7 cm³/mol. The van der Waals surface area contributed by atoms with Crippen molar-refractivity contribution in [3.05, 3.63) is 64.5 Å². The molecule has 0 saturated carbocycles. The van der Waals surface area contributed by atoms with E-state index in [0.29, 0.717) is 0 Å². The first kappa shape index (κ1) is 8.30. The van der Waals surface area contributed by atoms with Crippen molar-refractivity contribution in [1.29, 1.82) is 0 Å². The van der Waals surface area contributed by atoms with Gasteiger partial charge < -0.3 is 5.32 Å². The highest BCUT2D eigenvalue weighted by Crippen LogP contribution is 2.15. The molecule has 15 heavy (non-hydrogen) atoms. The largest absolute Gasteiger partial charge is 0.361 e. The Bertz CT molecular complexity index is 611. The second-order valence-electron chi connectivity index (χ2n) is 3.55. The van der Waals surface area contributed by atoms with Gasteiger partial charge in [-0.15, -0.1) is 0 Å². The van der Waals surface area contributed by atoms with E-state index in [9.17, 15) is 0 Å². The van der Waals surface area contributed by atoms with Crippen LogP contribution < -0.4 is 15.8 Å². The average Bonchev–Trinajstić information content (AvgIpc) is 2.48. The van der Waals surface area contributed by atoms with Gasteiger partial charge in [0.05, 0.1) is 0 Å². The lowest BCUT2D eigenvalue weighted by Crippen LogP contribution is -2.23. The van der Waals surface area contributed by atoms with Gasteiger partial charge in [-0.2, -0.15) is 0 Å². The molecular weight excluding hydrogens is 182 g/mol. The topological polar surface area (TPSA) is 12.0 Å². The van der Waals surface area contributed by atoms with Crippen LogP contribution in [0, 0.1) is 0 Å². The number of para-hydroxylation sites is 1. The Morgan fingerprint density at radius 2 is 1.67 bits per heavy atom. The van der Waals surface area contributed by atoms with Gasteiger partial charge in [0, 0.05) is 23.5 Å². The number of anilines is 1. The van der Waals surface area contributed by atoms with Crippen LogP contribution in [-0.2, 0) is 0 Å². The van der Waals surface area contributed by atoms with E-state index in [4.69, 9.17) is 0 Å². The number of fused-ring (bicyclic) bond motifs is 2. The number of benzene rings is 2. The Labute approximate surface area is 88.4 Å². The zero-order chi connectivity index (χ0) is 10.1. The molecule has 0 fully saturated rings. The summed E-state index contributed by atoms with van der Waals surface area (Å²) in [6.45, 7) is 0. The summed E-state index contributed by atoms with van der Waals surface area (Å²) in [7, 11) is 0. The van der Waals surface area contributed by atoms with Crippen molar-refractivity contribution in [1.82, 2.24) is 0 Å². The molecule has 1 heteroatoms. The van der Waals surface area contributed by atoms with Gasteiger partial charge in [-0.05, 0) is 16.5 Å². The number of nitrogens with one attached hydrogen (secondary N) is 1.